The highest BCUT2D eigenvalue weighted by atomic mass is 32.1. The Bertz CT molecular complexity index is 1100. The van der Waals surface area contributed by atoms with Gasteiger partial charge in [0.25, 0.3) is 0 Å². The predicted molar refractivity (Wildman–Crippen MR) is 123 cm³/mol. The summed E-state index contributed by atoms with van der Waals surface area (Å²) in [7, 11) is 0. The third kappa shape index (κ3) is 4.18. The summed E-state index contributed by atoms with van der Waals surface area (Å²) in [4.78, 5) is 18.0. The van der Waals surface area contributed by atoms with Crippen molar-refractivity contribution in [2.75, 3.05) is 6.54 Å². The summed E-state index contributed by atoms with van der Waals surface area (Å²) < 4.78 is 6.33. The van der Waals surface area contributed by atoms with Crippen LogP contribution in [-0.4, -0.2) is 32.6 Å². The molecule has 0 spiro atoms. The maximum Gasteiger partial charge on any atom is 0.335 e. The first kappa shape index (κ1) is 21.1. The lowest BCUT2D eigenvalue weighted by molar-refractivity contribution is 0.0697. The highest BCUT2D eigenvalue weighted by Crippen LogP contribution is 2.40. The standard InChI is InChI=1S/C24H25N3O3S/c1-3-4-13-27-22(21(26-24(27)31)18-7-5-6-12-25-18)20-11-10-19(30-20)17-9-8-16(23(28)29)14-15(17)2/h5-12,14,21-22H,3-4,13H2,1-2H3,(H,26,31)(H,28,29). The van der Waals surface area contributed by atoms with E-state index in [1.165, 1.54) is 0 Å². The number of furan rings is 1. The van der Waals surface area contributed by atoms with E-state index in [1.54, 1.807) is 24.4 Å². The molecule has 0 radical (unpaired) electrons. The summed E-state index contributed by atoms with van der Waals surface area (Å²) in [5.41, 5.74) is 2.90. The molecule has 2 aromatic heterocycles. The second-order valence-corrected chi connectivity index (χ2v) is 8.10. The topological polar surface area (TPSA) is 78.6 Å². The molecule has 0 saturated carbocycles. The van der Waals surface area contributed by atoms with E-state index in [-0.39, 0.29) is 17.6 Å². The number of aryl methyl sites for hydroxylation is 1. The minimum Gasteiger partial charge on any atom is -0.478 e. The summed E-state index contributed by atoms with van der Waals surface area (Å²) in [5.74, 6) is 0.568. The van der Waals surface area contributed by atoms with Gasteiger partial charge in [-0.05, 0) is 67.5 Å². The van der Waals surface area contributed by atoms with E-state index in [0.29, 0.717) is 10.9 Å². The van der Waals surface area contributed by atoms with E-state index >= 15 is 0 Å². The molecular weight excluding hydrogens is 410 g/mol. The first-order valence-electron chi connectivity index (χ1n) is 10.4. The first-order valence-corrected chi connectivity index (χ1v) is 10.8. The summed E-state index contributed by atoms with van der Waals surface area (Å²) >= 11 is 5.66. The van der Waals surface area contributed by atoms with Crippen LogP contribution in [0.5, 0.6) is 0 Å². The van der Waals surface area contributed by atoms with Gasteiger partial charge in [0.15, 0.2) is 5.11 Å². The number of nitrogens with one attached hydrogen (secondary N) is 1. The molecule has 1 aliphatic heterocycles. The van der Waals surface area contributed by atoms with Crippen LogP contribution in [0, 0.1) is 6.92 Å². The smallest absolute Gasteiger partial charge is 0.335 e. The molecule has 1 aromatic carbocycles. The summed E-state index contributed by atoms with van der Waals surface area (Å²) in [6.45, 7) is 4.88. The van der Waals surface area contributed by atoms with Gasteiger partial charge in [-0.3, -0.25) is 4.98 Å². The van der Waals surface area contributed by atoms with Gasteiger partial charge in [-0.25, -0.2) is 4.79 Å². The van der Waals surface area contributed by atoms with Gasteiger partial charge < -0.3 is 19.7 Å². The van der Waals surface area contributed by atoms with Crippen molar-refractivity contribution in [3.05, 3.63) is 77.3 Å². The van der Waals surface area contributed by atoms with Crippen LogP contribution in [0.4, 0.5) is 0 Å². The van der Waals surface area contributed by atoms with Gasteiger partial charge in [-0.15, -0.1) is 0 Å². The SMILES string of the molecule is CCCCN1C(=S)NC(c2ccccn2)C1c1ccc(-c2ccc(C(=O)O)cc2C)o1. The molecule has 3 heterocycles. The van der Waals surface area contributed by atoms with Crippen molar-refractivity contribution in [3.8, 4) is 11.3 Å². The number of hydrogen-bond acceptors (Lipinski definition) is 4. The second-order valence-electron chi connectivity index (χ2n) is 7.71. The largest absolute Gasteiger partial charge is 0.478 e. The maximum absolute atomic E-state index is 11.2. The van der Waals surface area contributed by atoms with Gasteiger partial charge in [0.05, 0.1) is 17.3 Å². The van der Waals surface area contributed by atoms with Gasteiger partial charge in [-0.1, -0.05) is 25.5 Å². The summed E-state index contributed by atoms with van der Waals surface area (Å²) in [6.07, 6.45) is 3.88. The van der Waals surface area contributed by atoms with Crippen LogP contribution in [-0.2, 0) is 0 Å². The average molecular weight is 436 g/mol. The molecule has 1 fully saturated rings. The fraction of sp³-hybridized carbons (Fsp3) is 0.292. The molecule has 2 atom stereocenters. The van der Waals surface area contributed by atoms with Crippen molar-refractivity contribution in [2.24, 2.45) is 0 Å². The Morgan fingerprint density at radius 1 is 1.26 bits per heavy atom. The third-order valence-corrected chi connectivity index (χ3v) is 5.96. The molecular formula is C24H25N3O3S. The number of aromatic carboxylic acids is 1. The van der Waals surface area contributed by atoms with E-state index in [0.717, 1.165) is 42.0 Å². The Kier molecular flexibility index (Phi) is 6.04. The number of rotatable bonds is 7. The zero-order valence-corrected chi connectivity index (χ0v) is 18.4. The van der Waals surface area contributed by atoms with Crippen LogP contribution in [0.1, 0.15) is 59.2 Å². The van der Waals surface area contributed by atoms with Gasteiger partial charge in [0.2, 0.25) is 0 Å². The molecule has 0 amide bonds. The Hall–Kier alpha value is -3.19. The quantitative estimate of drug-likeness (QED) is 0.499. The van der Waals surface area contributed by atoms with E-state index in [2.05, 4.69) is 22.1 Å². The van der Waals surface area contributed by atoms with Crippen molar-refractivity contribution in [2.45, 2.75) is 38.8 Å². The van der Waals surface area contributed by atoms with Crippen LogP contribution in [0.25, 0.3) is 11.3 Å². The molecule has 1 saturated heterocycles. The monoisotopic (exact) mass is 435 g/mol. The van der Waals surface area contributed by atoms with Crippen molar-refractivity contribution >= 4 is 23.3 Å². The van der Waals surface area contributed by atoms with Gasteiger partial charge >= 0.3 is 5.97 Å². The van der Waals surface area contributed by atoms with Gasteiger partial charge in [-0.2, -0.15) is 0 Å². The maximum atomic E-state index is 11.2. The molecule has 7 heteroatoms. The Labute approximate surface area is 186 Å². The van der Waals surface area contributed by atoms with Crippen molar-refractivity contribution in [1.82, 2.24) is 15.2 Å². The normalized spacial score (nSPS) is 18.3. The molecule has 6 nitrogen and oxygen atoms in total. The number of pyridine rings is 1. The van der Waals surface area contributed by atoms with Gasteiger partial charge in [0, 0.05) is 18.3 Å². The first-order chi connectivity index (χ1) is 15.0. The van der Waals surface area contributed by atoms with E-state index < -0.39 is 5.97 Å². The highest BCUT2D eigenvalue weighted by molar-refractivity contribution is 7.80. The zero-order valence-electron chi connectivity index (χ0n) is 17.5. The van der Waals surface area contributed by atoms with Crippen LogP contribution >= 0.6 is 12.2 Å². The lowest BCUT2D eigenvalue weighted by Gasteiger charge is -2.25. The Morgan fingerprint density at radius 3 is 2.77 bits per heavy atom. The number of hydrogen-bond donors (Lipinski definition) is 2. The number of nitrogens with zero attached hydrogens (tertiary/aromatic N) is 2. The van der Waals surface area contributed by atoms with Crippen LogP contribution in [0.2, 0.25) is 0 Å². The zero-order chi connectivity index (χ0) is 22.0. The lowest BCUT2D eigenvalue weighted by Crippen LogP contribution is -2.30. The highest BCUT2D eigenvalue weighted by Gasteiger charge is 2.41. The van der Waals surface area contributed by atoms with E-state index in [9.17, 15) is 9.90 Å². The number of carbonyl (C=O) groups is 1. The number of benzene rings is 1. The summed E-state index contributed by atoms with van der Waals surface area (Å²) in [5, 5.41) is 13.4. The molecule has 2 unspecified atom stereocenters. The number of carboxylic acids is 1. The Balaban J connectivity index is 1.71. The van der Waals surface area contributed by atoms with Crippen molar-refractivity contribution in [3.63, 3.8) is 0 Å². The molecule has 160 valence electrons. The molecule has 0 bridgehead atoms. The lowest BCUT2D eigenvalue weighted by atomic mass is 10.0. The Morgan fingerprint density at radius 2 is 2.10 bits per heavy atom. The predicted octanol–water partition coefficient (Wildman–Crippen LogP) is 5.12. The molecule has 0 aliphatic carbocycles. The van der Waals surface area contributed by atoms with Crippen LogP contribution in [0.15, 0.2) is 59.1 Å². The van der Waals surface area contributed by atoms with Crippen LogP contribution < -0.4 is 5.32 Å². The van der Waals surface area contributed by atoms with E-state index in [4.69, 9.17) is 16.6 Å². The average Bonchev–Trinajstić information content (AvgIpc) is 3.37. The summed E-state index contributed by atoms with van der Waals surface area (Å²) in [6, 6.07) is 14.6. The van der Waals surface area contributed by atoms with Crippen LogP contribution in [0.3, 0.4) is 0 Å². The molecule has 3 aromatic rings. The molecule has 2 N–H and O–H groups in total. The molecule has 4 rings (SSSR count). The third-order valence-electron chi connectivity index (χ3n) is 5.61. The van der Waals surface area contributed by atoms with Crippen molar-refractivity contribution < 1.29 is 14.3 Å². The minimum absolute atomic E-state index is 0.110. The fourth-order valence-electron chi connectivity index (χ4n) is 4.01. The van der Waals surface area contributed by atoms with Crippen molar-refractivity contribution in [1.29, 1.82) is 0 Å². The number of unbranched alkanes of at least 4 members (excludes halogenated alkanes) is 1. The second kappa shape index (κ2) is 8.89. The minimum atomic E-state index is -0.940. The van der Waals surface area contributed by atoms with Gasteiger partial charge in [0.1, 0.15) is 17.6 Å². The molecule has 1 aliphatic rings. The number of thiocarbonyl (C=S) groups is 1. The fourth-order valence-corrected chi connectivity index (χ4v) is 4.35. The number of carboxylic acid groups (broad SMARTS) is 1. The van der Waals surface area contributed by atoms with E-state index in [1.807, 2.05) is 37.3 Å². The number of aromatic nitrogens is 1. The molecule has 31 heavy (non-hydrogen) atoms.